The van der Waals surface area contributed by atoms with Crippen molar-refractivity contribution in [2.45, 2.75) is 6.92 Å². The Bertz CT molecular complexity index is 740. The fourth-order valence-corrected chi connectivity index (χ4v) is 2.10. The number of anilines is 1. The number of rotatable bonds is 3. The summed E-state index contributed by atoms with van der Waals surface area (Å²) in [5.74, 6) is -2.22. The van der Waals surface area contributed by atoms with Gasteiger partial charge in [-0.3, -0.25) is 10.1 Å². The van der Waals surface area contributed by atoms with Gasteiger partial charge in [0.2, 0.25) is 5.82 Å². The molecule has 0 aliphatic heterocycles. The van der Waals surface area contributed by atoms with E-state index >= 15 is 0 Å². The van der Waals surface area contributed by atoms with E-state index in [0.29, 0.717) is 16.0 Å². The normalized spacial score (nSPS) is 10.5. The maximum atomic E-state index is 14.1. The van der Waals surface area contributed by atoms with E-state index in [4.69, 9.17) is 0 Å². The third-order valence-corrected chi connectivity index (χ3v) is 3.69. The van der Waals surface area contributed by atoms with Gasteiger partial charge in [-0.1, -0.05) is 0 Å². The van der Waals surface area contributed by atoms with Gasteiger partial charge in [-0.15, -0.1) is 0 Å². The van der Waals surface area contributed by atoms with E-state index in [1.54, 1.807) is 14.0 Å². The van der Waals surface area contributed by atoms with Crippen LogP contribution in [-0.2, 0) is 0 Å². The minimum atomic E-state index is -1.30. The predicted molar refractivity (Wildman–Crippen MR) is 76.0 cm³/mol. The van der Waals surface area contributed by atoms with E-state index in [1.165, 1.54) is 0 Å². The maximum Gasteiger partial charge on any atom is 0.305 e. The number of halogens is 3. The zero-order chi connectivity index (χ0) is 15.7. The lowest BCUT2D eigenvalue weighted by atomic mass is 10.1. The molecule has 0 spiro atoms. The summed E-state index contributed by atoms with van der Waals surface area (Å²) >= 11 is 3.24. The summed E-state index contributed by atoms with van der Waals surface area (Å²) < 4.78 is 28.6. The van der Waals surface area contributed by atoms with Crippen LogP contribution in [0, 0.1) is 28.7 Å². The van der Waals surface area contributed by atoms with Gasteiger partial charge >= 0.3 is 5.69 Å². The van der Waals surface area contributed by atoms with Crippen LogP contribution in [0.15, 0.2) is 16.6 Å². The standard InChI is InChI=1S/C12H9BrF2N4O2/c1-5-9(13)12(16-2)18-11(17-5)8-6(14)3-4-7(10(8)15)19(20)21/h3-4H,1-2H3,(H,16,17,18). The summed E-state index contributed by atoms with van der Waals surface area (Å²) in [6.07, 6.45) is 0. The molecule has 0 bridgehead atoms. The van der Waals surface area contributed by atoms with Crippen molar-refractivity contribution < 1.29 is 13.7 Å². The Kier molecular flexibility index (Phi) is 4.12. The molecule has 0 amide bonds. The first kappa shape index (κ1) is 15.2. The highest BCUT2D eigenvalue weighted by Crippen LogP contribution is 2.32. The Morgan fingerprint density at radius 2 is 2.00 bits per heavy atom. The van der Waals surface area contributed by atoms with Gasteiger partial charge in [-0.2, -0.15) is 4.39 Å². The van der Waals surface area contributed by atoms with Gasteiger partial charge in [0.25, 0.3) is 0 Å². The topological polar surface area (TPSA) is 81.0 Å². The number of nitro benzene ring substituents is 1. The monoisotopic (exact) mass is 358 g/mol. The summed E-state index contributed by atoms with van der Waals surface area (Å²) in [6, 6.07) is 1.58. The molecule has 1 aromatic carbocycles. The molecule has 1 aromatic heterocycles. The molecule has 21 heavy (non-hydrogen) atoms. The molecule has 0 unspecified atom stereocenters. The third kappa shape index (κ3) is 2.68. The molecule has 6 nitrogen and oxygen atoms in total. The average molecular weight is 359 g/mol. The highest BCUT2D eigenvalue weighted by Gasteiger charge is 2.25. The van der Waals surface area contributed by atoms with Crippen molar-refractivity contribution in [3.05, 3.63) is 44.0 Å². The first-order valence-electron chi connectivity index (χ1n) is 5.71. The summed E-state index contributed by atoms with van der Waals surface area (Å²) in [5, 5.41) is 13.5. The number of aromatic nitrogens is 2. The van der Waals surface area contributed by atoms with Crippen LogP contribution in [0.5, 0.6) is 0 Å². The maximum absolute atomic E-state index is 14.1. The number of hydrogen-bond acceptors (Lipinski definition) is 5. The zero-order valence-corrected chi connectivity index (χ0v) is 12.5. The molecular weight excluding hydrogens is 350 g/mol. The molecule has 9 heteroatoms. The Balaban J connectivity index is 2.75. The summed E-state index contributed by atoms with van der Waals surface area (Å²) in [6.45, 7) is 1.61. The number of aryl methyl sites for hydroxylation is 1. The van der Waals surface area contributed by atoms with Crippen molar-refractivity contribution >= 4 is 27.4 Å². The minimum absolute atomic E-state index is 0.265. The Morgan fingerprint density at radius 3 is 2.57 bits per heavy atom. The van der Waals surface area contributed by atoms with Crippen LogP contribution < -0.4 is 5.32 Å². The molecular formula is C12H9BrF2N4O2. The van der Waals surface area contributed by atoms with Crippen LogP contribution in [0.25, 0.3) is 11.4 Å². The van der Waals surface area contributed by atoms with Gasteiger partial charge in [0, 0.05) is 13.1 Å². The van der Waals surface area contributed by atoms with Crippen molar-refractivity contribution in [2.75, 3.05) is 12.4 Å². The summed E-state index contributed by atoms with van der Waals surface area (Å²) in [5.41, 5.74) is -1.02. The molecule has 0 radical (unpaired) electrons. The number of nitro groups is 1. The lowest BCUT2D eigenvalue weighted by molar-refractivity contribution is -0.387. The summed E-state index contributed by atoms with van der Waals surface area (Å²) in [4.78, 5) is 17.8. The van der Waals surface area contributed by atoms with Crippen molar-refractivity contribution in [2.24, 2.45) is 0 Å². The Hall–Kier alpha value is -2.16. The lowest BCUT2D eigenvalue weighted by Crippen LogP contribution is -2.04. The third-order valence-electron chi connectivity index (χ3n) is 2.74. The highest BCUT2D eigenvalue weighted by atomic mass is 79.9. The van der Waals surface area contributed by atoms with Gasteiger partial charge in [0.15, 0.2) is 5.82 Å². The summed E-state index contributed by atoms with van der Waals surface area (Å²) in [7, 11) is 1.58. The van der Waals surface area contributed by atoms with Gasteiger partial charge in [0.05, 0.1) is 20.7 Å². The van der Waals surface area contributed by atoms with E-state index < -0.39 is 27.8 Å². The Morgan fingerprint density at radius 1 is 1.33 bits per heavy atom. The minimum Gasteiger partial charge on any atom is -0.372 e. The number of hydrogen-bond donors (Lipinski definition) is 1. The molecule has 2 rings (SSSR count). The molecule has 1 heterocycles. The fraction of sp³-hybridized carbons (Fsp3) is 0.167. The second-order valence-corrected chi connectivity index (χ2v) is 4.85. The van der Waals surface area contributed by atoms with Crippen molar-refractivity contribution in [1.82, 2.24) is 9.97 Å². The molecule has 1 N–H and O–H groups in total. The van der Waals surface area contributed by atoms with E-state index in [2.05, 4.69) is 31.2 Å². The van der Waals surface area contributed by atoms with Crippen LogP contribution in [-0.4, -0.2) is 21.9 Å². The van der Waals surface area contributed by atoms with Crippen molar-refractivity contribution in [1.29, 1.82) is 0 Å². The average Bonchev–Trinajstić information content (AvgIpc) is 2.42. The van der Waals surface area contributed by atoms with Crippen molar-refractivity contribution in [3.8, 4) is 11.4 Å². The van der Waals surface area contributed by atoms with Crippen LogP contribution in [0.1, 0.15) is 5.69 Å². The highest BCUT2D eigenvalue weighted by molar-refractivity contribution is 9.10. The van der Waals surface area contributed by atoms with Gasteiger partial charge < -0.3 is 5.32 Å². The van der Waals surface area contributed by atoms with E-state index in [9.17, 15) is 18.9 Å². The second-order valence-electron chi connectivity index (χ2n) is 4.06. The fourth-order valence-electron chi connectivity index (χ4n) is 1.72. The van der Waals surface area contributed by atoms with E-state index in [1.807, 2.05) is 0 Å². The number of benzene rings is 1. The van der Waals surface area contributed by atoms with Gasteiger partial charge in [-0.05, 0) is 28.9 Å². The molecule has 0 aliphatic carbocycles. The SMILES string of the molecule is CNc1nc(-c2c(F)ccc([N+](=O)[O-])c2F)nc(C)c1Br. The number of nitrogens with zero attached hydrogens (tertiary/aromatic N) is 3. The molecule has 0 saturated carbocycles. The van der Waals surface area contributed by atoms with Crippen molar-refractivity contribution in [3.63, 3.8) is 0 Å². The van der Waals surface area contributed by atoms with Gasteiger partial charge in [0.1, 0.15) is 11.6 Å². The second kappa shape index (κ2) is 5.68. The largest absolute Gasteiger partial charge is 0.372 e. The lowest BCUT2D eigenvalue weighted by Gasteiger charge is -2.10. The zero-order valence-electron chi connectivity index (χ0n) is 10.9. The quantitative estimate of drug-likeness (QED) is 0.671. The number of nitrogens with one attached hydrogen (secondary N) is 1. The first-order valence-corrected chi connectivity index (χ1v) is 6.50. The van der Waals surface area contributed by atoms with Crippen LogP contribution >= 0.6 is 15.9 Å². The smallest absolute Gasteiger partial charge is 0.305 e. The first-order chi connectivity index (χ1) is 9.86. The predicted octanol–water partition coefficient (Wildman–Crippen LogP) is 3.44. The molecule has 110 valence electrons. The van der Waals surface area contributed by atoms with E-state index in [-0.39, 0.29) is 5.82 Å². The van der Waals surface area contributed by atoms with Gasteiger partial charge in [-0.25, -0.2) is 14.4 Å². The molecule has 0 aliphatic rings. The molecule has 0 saturated heterocycles. The molecule has 2 aromatic rings. The van der Waals surface area contributed by atoms with Crippen LogP contribution in [0.2, 0.25) is 0 Å². The van der Waals surface area contributed by atoms with E-state index in [0.717, 1.165) is 12.1 Å². The van der Waals surface area contributed by atoms with Crippen LogP contribution in [0.4, 0.5) is 20.3 Å². The van der Waals surface area contributed by atoms with Crippen LogP contribution in [0.3, 0.4) is 0 Å². The molecule has 0 fully saturated rings. The molecule has 0 atom stereocenters. The Labute approximate surface area is 126 Å².